The maximum Gasteiger partial charge on any atom is 0.321 e. The first-order valence-electron chi connectivity index (χ1n) is 6.37. The van der Waals surface area contributed by atoms with E-state index in [2.05, 4.69) is 10.6 Å². The summed E-state index contributed by atoms with van der Waals surface area (Å²) >= 11 is 0. The number of piperazine rings is 1. The molecular formula is C11H18F4N4O2. The molecule has 0 aromatic heterocycles. The van der Waals surface area contributed by atoms with Gasteiger partial charge in [0, 0.05) is 33.2 Å². The fourth-order valence-electron chi connectivity index (χ4n) is 1.90. The molecule has 0 aromatic rings. The van der Waals surface area contributed by atoms with E-state index in [1.165, 1.54) is 11.9 Å². The Morgan fingerprint density at radius 2 is 1.67 bits per heavy atom. The summed E-state index contributed by atoms with van der Waals surface area (Å²) in [5.74, 6) is -4.54. The molecule has 1 rings (SSSR count). The van der Waals surface area contributed by atoms with Crippen LogP contribution >= 0.6 is 0 Å². The summed E-state index contributed by atoms with van der Waals surface area (Å²) in [6, 6.07) is -0.629. The number of alkyl halides is 4. The molecule has 0 aromatic carbocycles. The van der Waals surface area contributed by atoms with Crippen molar-refractivity contribution in [1.29, 1.82) is 0 Å². The van der Waals surface area contributed by atoms with Crippen LogP contribution in [0.1, 0.15) is 0 Å². The Balaban J connectivity index is 2.32. The van der Waals surface area contributed by atoms with E-state index >= 15 is 0 Å². The van der Waals surface area contributed by atoms with Crippen LogP contribution < -0.4 is 10.6 Å². The molecule has 1 aliphatic heterocycles. The van der Waals surface area contributed by atoms with Crippen molar-refractivity contribution in [3.63, 3.8) is 0 Å². The zero-order valence-electron chi connectivity index (χ0n) is 11.5. The predicted octanol–water partition coefficient (Wildman–Crippen LogP) is -0.0400. The SMILES string of the molecule is CNC(=O)NC(=O)CN1CCN(CC(F)(F)C(F)F)CC1. The van der Waals surface area contributed by atoms with E-state index in [4.69, 9.17) is 0 Å². The summed E-state index contributed by atoms with van der Waals surface area (Å²) in [5.41, 5.74) is 0. The summed E-state index contributed by atoms with van der Waals surface area (Å²) in [4.78, 5) is 25.2. The van der Waals surface area contributed by atoms with Crippen LogP contribution in [-0.2, 0) is 4.79 Å². The fraction of sp³-hybridized carbons (Fsp3) is 0.818. The largest absolute Gasteiger partial charge is 0.341 e. The first-order chi connectivity index (χ1) is 9.74. The lowest BCUT2D eigenvalue weighted by atomic mass is 10.2. The summed E-state index contributed by atoms with van der Waals surface area (Å²) in [6.45, 7) is -0.137. The Morgan fingerprint density at radius 1 is 1.14 bits per heavy atom. The second-order valence-electron chi connectivity index (χ2n) is 4.74. The van der Waals surface area contributed by atoms with Gasteiger partial charge in [0.25, 0.3) is 0 Å². The van der Waals surface area contributed by atoms with E-state index < -0.39 is 30.8 Å². The molecule has 1 aliphatic rings. The van der Waals surface area contributed by atoms with Crippen LogP contribution in [0.25, 0.3) is 0 Å². The van der Waals surface area contributed by atoms with Crippen LogP contribution in [0.4, 0.5) is 22.4 Å². The molecule has 3 amide bonds. The summed E-state index contributed by atoms with van der Waals surface area (Å²) < 4.78 is 50.0. The van der Waals surface area contributed by atoms with Gasteiger partial charge in [-0.05, 0) is 0 Å². The third-order valence-corrected chi connectivity index (χ3v) is 3.07. The minimum Gasteiger partial charge on any atom is -0.341 e. The Morgan fingerprint density at radius 3 is 2.14 bits per heavy atom. The van der Waals surface area contributed by atoms with Crippen LogP contribution in [0.5, 0.6) is 0 Å². The highest BCUT2D eigenvalue weighted by Crippen LogP contribution is 2.24. The lowest BCUT2D eigenvalue weighted by Crippen LogP contribution is -2.53. The lowest BCUT2D eigenvalue weighted by molar-refractivity contribution is -0.145. The molecule has 0 atom stereocenters. The standard InChI is InChI=1S/C11H18F4N4O2/c1-16-10(21)17-8(20)6-18-2-4-19(5-3-18)7-11(14,15)9(12)13/h9H,2-7H2,1H3,(H2,16,17,20,21). The van der Waals surface area contributed by atoms with E-state index in [9.17, 15) is 27.2 Å². The number of carbonyl (C=O) groups is 2. The summed E-state index contributed by atoms with van der Waals surface area (Å²) in [6.07, 6.45) is -3.69. The molecule has 0 saturated carbocycles. The normalized spacial score (nSPS) is 17.8. The number of carbonyl (C=O) groups excluding carboxylic acids is 2. The van der Waals surface area contributed by atoms with Crippen molar-refractivity contribution in [2.75, 3.05) is 46.3 Å². The topological polar surface area (TPSA) is 64.7 Å². The zero-order valence-corrected chi connectivity index (χ0v) is 11.5. The van der Waals surface area contributed by atoms with Gasteiger partial charge in [0.05, 0.1) is 13.1 Å². The van der Waals surface area contributed by atoms with Crippen LogP contribution in [0.15, 0.2) is 0 Å². The fourth-order valence-corrected chi connectivity index (χ4v) is 1.90. The minimum atomic E-state index is -4.03. The van der Waals surface area contributed by atoms with Crippen LogP contribution in [0.2, 0.25) is 0 Å². The number of rotatable bonds is 5. The van der Waals surface area contributed by atoms with Gasteiger partial charge in [0.1, 0.15) is 0 Å². The highest BCUT2D eigenvalue weighted by molar-refractivity contribution is 5.95. The molecule has 0 spiro atoms. The van der Waals surface area contributed by atoms with Gasteiger partial charge >= 0.3 is 18.4 Å². The van der Waals surface area contributed by atoms with Gasteiger partial charge in [-0.1, -0.05) is 0 Å². The van der Waals surface area contributed by atoms with Gasteiger partial charge in [-0.15, -0.1) is 0 Å². The molecule has 21 heavy (non-hydrogen) atoms. The third-order valence-electron chi connectivity index (χ3n) is 3.07. The molecule has 1 heterocycles. The molecule has 0 aliphatic carbocycles. The van der Waals surface area contributed by atoms with Crippen molar-refractivity contribution in [1.82, 2.24) is 20.4 Å². The number of hydrogen-bond acceptors (Lipinski definition) is 4. The van der Waals surface area contributed by atoms with Crippen LogP contribution in [-0.4, -0.2) is 80.4 Å². The maximum atomic E-state index is 12.9. The van der Waals surface area contributed by atoms with Gasteiger partial charge in [0.2, 0.25) is 5.91 Å². The maximum absolute atomic E-state index is 12.9. The van der Waals surface area contributed by atoms with E-state index in [0.29, 0.717) is 13.1 Å². The number of imide groups is 1. The monoisotopic (exact) mass is 314 g/mol. The number of hydrogen-bond donors (Lipinski definition) is 2. The Labute approximate surface area is 119 Å². The van der Waals surface area contributed by atoms with Gasteiger partial charge in [-0.25, -0.2) is 13.6 Å². The van der Waals surface area contributed by atoms with Crippen molar-refractivity contribution < 1.29 is 27.2 Å². The van der Waals surface area contributed by atoms with Crippen molar-refractivity contribution in [3.05, 3.63) is 0 Å². The Kier molecular flexibility index (Phi) is 6.34. The first-order valence-corrected chi connectivity index (χ1v) is 6.37. The highest BCUT2D eigenvalue weighted by Gasteiger charge is 2.42. The van der Waals surface area contributed by atoms with Gasteiger partial charge < -0.3 is 5.32 Å². The van der Waals surface area contributed by atoms with Crippen LogP contribution in [0, 0.1) is 0 Å². The molecule has 6 nitrogen and oxygen atoms in total. The predicted molar refractivity (Wildman–Crippen MR) is 66.4 cm³/mol. The summed E-state index contributed by atoms with van der Waals surface area (Å²) in [5, 5.41) is 4.30. The van der Waals surface area contributed by atoms with Gasteiger partial charge in [0.15, 0.2) is 0 Å². The van der Waals surface area contributed by atoms with Crippen molar-refractivity contribution in [2.45, 2.75) is 12.3 Å². The molecule has 0 bridgehead atoms. The lowest BCUT2D eigenvalue weighted by Gasteiger charge is -2.35. The van der Waals surface area contributed by atoms with E-state index in [1.807, 2.05) is 0 Å². The van der Waals surface area contributed by atoms with Crippen molar-refractivity contribution >= 4 is 11.9 Å². The van der Waals surface area contributed by atoms with E-state index in [1.54, 1.807) is 4.90 Å². The smallest absolute Gasteiger partial charge is 0.321 e. The molecular weight excluding hydrogens is 296 g/mol. The highest BCUT2D eigenvalue weighted by atomic mass is 19.3. The average molecular weight is 314 g/mol. The van der Waals surface area contributed by atoms with Crippen molar-refractivity contribution in [2.24, 2.45) is 0 Å². The number of nitrogens with one attached hydrogen (secondary N) is 2. The Hall–Kier alpha value is -1.42. The second-order valence-corrected chi connectivity index (χ2v) is 4.74. The molecule has 0 radical (unpaired) electrons. The Bertz CT molecular complexity index is 373. The zero-order chi connectivity index (χ0) is 16.0. The molecule has 1 fully saturated rings. The second kappa shape index (κ2) is 7.55. The molecule has 122 valence electrons. The van der Waals surface area contributed by atoms with E-state index in [0.717, 1.165) is 0 Å². The minimum absolute atomic E-state index is 0.0491. The molecule has 0 unspecified atom stereocenters. The van der Waals surface area contributed by atoms with Gasteiger partial charge in [-0.2, -0.15) is 8.78 Å². The first kappa shape index (κ1) is 17.6. The number of halogens is 4. The third kappa shape index (κ3) is 5.84. The van der Waals surface area contributed by atoms with Crippen LogP contribution in [0.3, 0.4) is 0 Å². The molecule has 10 heteroatoms. The summed E-state index contributed by atoms with van der Waals surface area (Å²) in [7, 11) is 1.37. The number of amides is 3. The van der Waals surface area contributed by atoms with Gasteiger partial charge in [-0.3, -0.25) is 19.9 Å². The molecule has 1 saturated heterocycles. The number of urea groups is 1. The van der Waals surface area contributed by atoms with Crippen molar-refractivity contribution in [3.8, 4) is 0 Å². The molecule has 2 N–H and O–H groups in total. The van der Waals surface area contributed by atoms with E-state index in [-0.39, 0.29) is 19.6 Å². The number of nitrogens with zero attached hydrogens (tertiary/aromatic N) is 2. The average Bonchev–Trinajstić information content (AvgIpc) is 2.40. The quantitative estimate of drug-likeness (QED) is 0.699.